The molecule has 0 heterocycles. The maximum atomic E-state index is 12.6. The molecule has 0 aromatic carbocycles. The van der Waals surface area contributed by atoms with Gasteiger partial charge in [0.2, 0.25) is 23.6 Å². The van der Waals surface area contributed by atoms with Gasteiger partial charge in [0, 0.05) is 6.42 Å². The lowest BCUT2D eigenvalue weighted by Crippen LogP contribution is -2.59. The Morgan fingerprint density at radius 1 is 0.933 bits per heavy atom. The molecule has 0 aliphatic rings. The van der Waals surface area contributed by atoms with Crippen LogP contribution in [0.25, 0.3) is 0 Å². The van der Waals surface area contributed by atoms with E-state index in [-0.39, 0.29) is 18.8 Å². The molecule has 12 heteroatoms. The fourth-order valence-corrected chi connectivity index (χ4v) is 2.38. The van der Waals surface area contributed by atoms with Gasteiger partial charge in [-0.3, -0.25) is 19.2 Å². The Morgan fingerprint density at radius 3 is 1.93 bits per heavy atom. The fraction of sp³-hybridized carbons (Fsp3) is 0.722. The molecule has 9 N–H and O–H groups in total. The van der Waals surface area contributed by atoms with Gasteiger partial charge in [0.05, 0.1) is 6.10 Å². The van der Waals surface area contributed by atoms with Crippen molar-refractivity contribution in [2.45, 2.75) is 77.2 Å². The summed E-state index contributed by atoms with van der Waals surface area (Å²) in [6.45, 7) is 6.20. The van der Waals surface area contributed by atoms with Gasteiger partial charge in [-0.15, -0.1) is 0 Å². The van der Waals surface area contributed by atoms with Crippen molar-refractivity contribution in [1.29, 1.82) is 0 Å². The summed E-state index contributed by atoms with van der Waals surface area (Å²) in [5, 5.41) is 25.7. The molecular formula is C18H33N5O7. The minimum Gasteiger partial charge on any atom is -0.480 e. The van der Waals surface area contributed by atoms with Crippen LogP contribution >= 0.6 is 0 Å². The molecule has 0 saturated heterocycles. The lowest BCUT2D eigenvalue weighted by Gasteiger charge is -2.27. The smallest absolute Gasteiger partial charge is 0.326 e. The summed E-state index contributed by atoms with van der Waals surface area (Å²) in [7, 11) is 0. The molecule has 0 radical (unpaired) electrons. The normalized spacial score (nSPS) is 16.9. The number of amides is 4. The molecular weight excluding hydrogens is 398 g/mol. The molecule has 0 bridgehead atoms. The van der Waals surface area contributed by atoms with Crippen LogP contribution < -0.4 is 27.4 Å². The second-order valence-electron chi connectivity index (χ2n) is 7.27. The van der Waals surface area contributed by atoms with Crippen LogP contribution in [0.4, 0.5) is 0 Å². The van der Waals surface area contributed by atoms with Gasteiger partial charge in [0.15, 0.2) is 0 Å². The molecule has 6 unspecified atom stereocenters. The SMILES string of the molecule is CCC(C)C(NC(=O)C(N)C(C)O)C(=O)NC(C)C(=O)NC(CCC(N)=O)C(=O)O. The van der Waals surface area contributed by atoms with Crippen LogP contribution in [-0.4, -0.2) is 70.1 Å². The van der Waals surface area contributed by atoms with E-state index in [2.05, 4.69) is 16.0 Å². The molecule has 6 atom stereocenters. The van der Waals surface area contributed by atoms with E-state index in [1.807, 2.05) is 0 Å². The highest BCUT2D eigenvalue weighted by Crippen LogP contribution is 2.09. The van der Waals surface area contributed by atoms with Crippen LogP contribution in [0.15, 0.2) is 0 Å². The Kier molecular flexibility index (Phi) is 11.6. The van der Waals surface area contributed by atoms with E-state index in [1.54, 1.807) is 13.8 Å². The van der Waals surface area contributed by atoms with E-state index < -0.39 is 59.9 Å². The first-order valence-corrected chi connectivity index (χ1v) is 9.67. The third-order valence-corrected chi connectivity index (χ3v) is 4.66. The van der Waals surface area contributed by atoms with Crippen LogP contribution in [0.1, 0.15) is 47.0 Å². The summed E-state index contributed by atoms with van der Waals surface area (Å²) in [5.74, 6) is -4.54. The van der Waals surface area contributed by atoms with Crippen molar-refractivity contribution in [3.8, 4) is 0 Å². The second kappa shape index (κ2) is 12.8. The summed E-state index contributed by atoms with van der Waals surface area (Å²) in [6.07, 6.45) is -1.02. The van der Waals surface area contributed by atoms with Gasteiger partial charge in [0.25, 0.3) is 0 Å². The van der Waals surface area contributed by atoms with Gasteiger partial charge in [-0.05, 0) is 26.2 Å². The largest absolute Gasteiger partial charge is 0.480 e. The van der Waals surface area contributed by atoms with Crippen molar-refractivity contribution in [2.75, 3.05) is 0 Å². The average Bonchev–Trinajstić information content (AvgIpc) is 2.66. The molecule has 4 amide bonds. The van der Waals surface area contributed by atoms with E-state index in [1.165, 1.54) is 13.8 Å². The van der Waals surface area contributed by atoms with Gasteiger partial charge >= 0.3 is 5.97 Å². The standard InChI is InChI=1S/C18H33N5O7/c1-5-8(2)14(23-16(27)13(20)10(4)24)17(28)21-9(3)15(26)22-11(18(29)30)6-7-12(19)25/h8-11,13-14,24H,5-7,20H2,1-4H3,(H2,19,25)(H,21,28)(H,22,26)(H,23,27)(H,29,30). The van der Waals surface area contributed by atoms with Gasteiger partial charge in [-0.25, -0.2) is 4.79 Å². The Balaban J connectivity index is 5.11. The van der Waals surface area contributed by atoms with E-state index in [4.69, 9.17) is 16.6 Å². The molecule has 0 aromatic rings. The number of aliphatic hydroxyl groups excluding tert-OH is 1. The van der Waals surface area contributed by atoms with Crippen LogP contribution in [0, 0.1) is 5.92 Å². The molecule has 0 saturated carbocycles. The number of hydrogen-bond acceptors (Lipinski definition) is 7. The number of primary amides is 1. The fourth-order valence-electron chi connectivity index (χ4n) is 2.38. The van der Waals surface area contributed by atoms with E-state index >= 15 is 0 Å². The number of hydrogen-bond donors (Lipinski definition) is 7. The maximum absolute atomic E-state index is 12.6. The Hall–Kier alpha value is -2.73. The molecule has 0 aromatic heterocycles. The number of nitrogens with two attached hydrogens (primary N) is 2. The number of carboxylic acids is 1. The Bertz CT molecular complexity index is 640. The van der Waals surface area contributed by atoms with Crippen LogP contribution in [0.5, 0.6) is 0 Å². The van der Waals surface area contributed by atoms with Crippen molar-refractivity contribution >= 4 is 29.6 Å². The van der Waals surface area contributed by atoms with Crippen LogP contribution in [0.2, 0.25) is 0 Å². The minimum absolute atomic E-state index is 0.195. The summed E-state index contributed by atoms with van der Waals surface area (Å²) >= 11 is 0. The van der Waals surface area contributed by atoms with Crippen molar-refractivity contribution in [3.05, 3.63) is 0 Å². The topological polar surface area (TPSA) is 214 Å². The number of rotatable bonds is 13. The Labute approximate surface area is 175 Å². The Morgan fingerprint density at radius 2 is 1.50 bits per heavy atom. The first-order chi connectivity index (χ1) is 13.8. The van der Waals surface area contributed by atoms with Crippen molar-refractivity contribution in [1.82, 2.24) is 16.0 Å². The summed E-state index contributed by atoms with van der Waals surface area (Å²) in [5.41, 5.74) is 10.6. The van der Waals surface area contributed by atoms with Crippen molar-refractivity contribution in [3.63, 3.8) is 0 Å². The highest BCUT2D eigenvalue weighted by molar-refractivity contribution is 5.94. The zero-order chi connectivity index (χ0) is 23.6. The number of aliphatic carboxylic acids is 1. The molecule has 0 fully saturated rings. The lowest BCUT2D eigenvalue weighted by molar-refractivity contribution is -0.142. The molecule has 12 nitrogen and oxygen atoms in total. The van der Waals surface area contributed by atoms with Gasteiger partial charge < -0.3 is 37.6 Å². The summed E-state index contributed by atoms with van der Waals surface area (Å²) in [6, 6.07) is -4.72. The lowest BCUT2D eigenvalue weighted by atomic mass is 9.97. The summed E-state index contributed by atoms with van der Waals surface area (Å²) in [4.78, 5) is 59.1. The van der Waals surface area contributed by atoms with Gasteiger partial charge in [-0.1, -0.05) is 20.3 Å². The second-order valence-corrected chi connectivity index (χ2v) is 7.27. The molecule has 0 rings (SSSR count). The van der Waals surface area contributed by atoms with Crippen LogP contribution in [0.3, 0.4) is 0 Å². The average molecular weight is 431 g/mol. The summed E-state index contributed by atoms with van der Waals surface area (Å²) < 4.78 is 0. The van der Waals surface area contributed by atoms with E-state index in [0.29, 0.717) is 6.42 Å². The van der Waals surface area contributed by atoms with Crippen molar-refractivity contribution < 1.29 is 34.2 Å². The number of aliphatic hydroxyl groups is 1. The predicted octanol–water partition coefficient (Wildman–Crippen LogP) is -2.43. The molecule has 0 aliphatic heterocycles. The zero-order valence-corrected chi connectivity index (χ0v) is 17.7. The first-order valence-electron chi connectivity index (χ1n) is 9.67. The third kappa shape index (κ3) is 9.18. The number of nitrogens with one attached hydrogen (secondary N) is 3. The quantitative estimate of drug-likeness (QED) is 0.166. The minimum atomic E-state index is -1.35. The molecule has 0 spiro atoms. The molecule has 172 valence electrons. The number of carboxylic acid groups (broad SMARTS) is 1. The van der Waals surface area contributed by atoms with Crippen molar-refractivity contribution in [2.24, 2.45) is 17.4 Å². The zero-order valence-electron chi connectivity index (χ0n) is 17.7. The predicted molar refractivity (Wildman–Crippen MR) is 107 cm³/mol. The monoisotopic (exact) mass is 431 g/mol. The molecule has 30 heavy (non-hydrogen) atoms. The number of carbonyl (C=O) groups excluding carboxylic acids is 4. The van der Waals surface area contributed by atoms with Gasteiger partial charge in [0.1, 0.15) is 24.2 Å². The maximum Gasteiger partial charge on any atom is 0.326 e. The molecule has 0 aliphatic carbocycles. The number of carbonyl (C=O) groups is 5. The highest BCUT2D eigenvalue weighted by atomic mass is 16.4. The van der Waals surface area contributed by atoms with E-state index in [0.717, 1.165) is 0 Å². The van der Waals surface area contributed by atoms with E-state index in [9.17, 15) is 29.1 Å². The van der Waals surface area contributed by atoms with Gasteiger partial charge in [-0.2, -0.15) is 0 Å². The van der Waals surface area contributed by atoms with Crippen LogP contribution in [-0.2, 0) is 24.0 Å². The third-order valence-electron chi connectivity index (χ3n) is 4.66. The first kappa shape index (κ1) is 27.3. The highest BCUT2D eigenvalue weighted by Gasteiger charge is 2.31.